The third-order valence-electron chi connectivity index (χ3n) is 6.54. The number of piperidine rings is 1. The van der Waals surface area contributed by atoms with Crippen molar-refractivity contribution in [2.75, 3.05) is 19.7 Å². The minimum atomic E-state index is -1.11. The Morgan fingerprint density at radius 3 is 2.80 bits per heavy atom. The van der Waals surface area contributed by atoms with E-state index in [2.05, 4.69) is 20.3 Å². The maximum absolute atomic E-state index is 14.2. The normalized spacial score (nSPS) is 20.1. The fourth-order valence-corrected chi connectivity index (χ4v) is 4.42. The highest BCUT2D eigenvalue weighted by atomic mass is 19.1. The summed E-state index contributed by atoms with van der Waals surface area (Å²) in [6.45, 7) is 2.40. The molecule has 35 heavy (non-hydrogen) atoms. The fraction of sp³-hybridized carbons (Fsp3) is 0.417. The molecule has 1 saturated carbocycles. The summed E-state index contributed by atoms with van der Waals surface area (Å²) in [6.07, 6.45) is 1.70. The van der Waals surface area contributed by atoms with Gasteiger partial charge in [-0.2, -0.15) is 0 Å². The molecule has 184 valence electrons. The summed E-state index contributed by atoms with van der Waals surface area (Å²) >= 11 is 0. The largest absolute Gasteiger partial charge is 0.493 e. The van der Waals surface area contributed by atoms with Gasteiger partial charge in [0.05, 0.1) is 36.4 Å². The number of rotatable bonds is 6. The minimum Gasteiger partial charge on any atom is -0.493 e. The Morgan fingerprint density at radius 2 is 2.09 bits per heavy atom. The predicted molar refractivity (Wildman–Crippen MR) is 124 cm³/mol. The van der Waals surface area contributed by atoms with Gasteiger partial charge in [0.25, 0.3) is 5.91 Å². The Morgan fingerprint density at radius 1 is 1.29 bits per heavy atom. The van der Waals surface area contributed by atoms with Crippen LogP contribution >= 0.6 is 0 Å². The maximum Gasteiger partial charge on any atom is 0.407 e. The number of ether oxygens (including phenoxy) is 1. The Kier molecular flexibility index (Phi) is 6.01. The number of nitrogens with zero attached hydrogens (tertiary/aromatic N) is 3. The van der Waals surface area contributed by atoms with E-state index in [1.54, 1.807) is 13.0 Å². The molecule has 1 saturated heterocycles. The first-order valence-corrected chi connectivity index (χ1v) is 11.5. The smallest absolute Gasteiger partial charge is 0.407 e. The first-order valence-electron chi connectivity index (χ1n) is 11.5. The number of aryl methyl sites for hydroxylation is 1. The Hall–Kier alpha value is -3.73. The summed E-state index contributed by atoms with van der Waals surface area (Å²) in [5, 5.41) is 22.3. The van der Waals surface area contributed by atoms with Crippen molar-refractivity contribution >= 4 is 23.0 Å². The molecule has 1 aliphatic carbocycles. The Labute approximate surface area is 200 Å². The molecule has 2 aromatic heterocycles. The van der Waals surface area contributed by atoms with Crippen molar-refractivity contribution in [3.63, 3.8) is 0 Å². The lowest BCUT2D eigenvalue weighted by Crippen LogP contribution is -2.55. The quantitative estimate of drug-likeness (QED) is 0.422. The molecule has 2 unspecified atom stereocenters. The van der Waals surface area contributed by atoms with Gasteiger partial charge in [-0.05, 0) is 50.3 Å². The van der Waals surface area contributed by atoms with Crippen LogP contribution in [0, 0.1) is 18.7 Å². The van der Waals surface area contributed by atoms with Gasteiger partial charge in [-0.25, -0.2) is 19.2 Å². The first kappa shape index (κ1) is 23.0. The van der Waals surface area contributed by atoms with E-state index in [1.165, 1.54) is 18.5 Å². The molecule has 3 aromatic rings. The standard InChI is InChI=1S/C24H26FN5O5/c1-12-19(23(32)29-16-6-7-30(24(33)34)9-17(16)31)21-22(28-12)20(26-11-27-21)15-8-14(25)4-5-18(15)35-10-13-2-3-13/h4-5,8,11,13,16-17,28,31H,2-3,6-7,9-10H2,1H3,(H,29,32)(H,33,34). The number of fused-ring (bicyclic) bond motifs is 1. The van der Waals surface area contributed by atoms with Gasteiger partial charge in [0.2, 0.25) is 0 Å². The second kappa shape index (κ2) is 9.14. The van der Waals surface area contributed by atoms with Gasteiger partial charge in [-0.15, -0.1) is 0 Å². The summed E-state index contributed by atoms with van der Waals surface area (Å²) in [6, 6.07) is 3.67. The van der Waals surface area contributed by atoms with E-state index >= 15 is 0 Å². The van der Waals surface area contributed by atoms with Gasteiger partial charge in [0.15, 0.2) is 0 Å². The van der Waals surface area contributed by atoms with Gasteiger partial charge < -0.3 is 30.2 Å². The first-order chi connectivity index (χ1) is 16.8. The number of carbonyl (C=O) groups is 2. The van der Waals surface area contributed by atoms with Crippen LogP contribution in [-0.2, 0) is 0 Å². The van der Waals surface area contributed by atoms with Crippen molar-refractivity contribution in [3.8, 4) is 17.0 Å². The van der Waals surface area contributed by atoms with Crippen molar-refractivity contribution in [1.82, 2.24) is 25.2 Å². The third kappa shape index (κ3) is 4.63. The fourth-order valence-electron chi connectivity index (χ4n) is 4.42. The van der Waals surface area contributed by atoms with Crippen molar-refractivity contribution in [3.05, 3.63) is 41.6 Å². The molecular weight excluding hydrogens is 457 g/mol. The van der Waals surface area contributed by atoms with Crippen LogP contribution in [0.1, 0.15) is 35.3 Å². The van der Waals surface area contributed by atoms with Gasteiger partial charge in [-0.3, -0.25) is 4.79 Å². The molecular formula is C24H26FN5O5. The van der Waals surface area contributed by atoms with Crippen molar-refractivity contribution in [1.29, 1.82) is 0 Å². The highest BCUT2D eigenvalue weighted by molar-refractivity contribution is 6.09. The number of aromatic nitrogens is 3. The van der Waals surface area contributed by atoms with Crippen molar-refractivity contribution < 1.29 is 28.9 Å². The molecule has 2 amide bonds. The lowest BCUT2D eigenvalue weighted by Gasteiger charge is -2.34. The zero-order chi connectivity index (χ0) is 24.7. The van der Waals surface area contributed by atoms with E-state index in [-0.39, 0.29) is 25.1 Å². The number of aliphatic hydroxyl groups is 1. The molecule has 2 atom stereocenters. The Bertz CT molecular complexity index is 1290. The number of H-pyrrole nitrogens is 1. The zero-order valence-electron chi connectivity index (χ0n) is 19.1. The van der Waals surface area contributed by atoms with E-state index in [0.717, 1.165) is 17.7 Å². The SMILES string of the molecule is Cc1[nH]c2c(-c3cc(F)ccc3OCC3CC3)ncnc2c1C(=O)NC1CCN(C(=O)O)CC1O. The number of carboxylic acid groups (broad SMARTS) is 1. The number of β-amino-alcohol motifs (C(OH)–C–C–N with tert-alkyl or cyclic N) is 1. The third-order valence-corrected chi connectivity index (χ3v) is 6.54. The van der Waals surface area contributed by atoms with Crippen LogP contribution in [0.4, 0.5) is 9.18 Å². The summed E-state index contributed by atoms with van der Waals surface area (Å²) in [5.41, 5.74) is 2.53. The van der Waals surface area contributed by atoms with Crippen LogP contribution in [0.5, 0.6) is 5.75 Å². The molecule has 0 radical (unpaired) electrons. The summed E-state index contributed by atoms with van der Waals surface area (Å²) in [7, 11) is 0. The minimum absolute atomic E-state index is 0.0807. The highest BCUT2D eigenvalue weighted by Crippen LogP contribution is 2.36. The number of carbonyl (C=O) groups excluding carboxylic acids is 1. The Balaban J connectivity index is 1.45. The zero-order valence-corrected chi connectivity index (χ0v) is 19.1. The number of benzene rings is 1. The van der Waals surface area contributed by atoms with E-state index in [4.69, 9.17) is 9.84 Å². The molecule has 11 heteroatoms. The lowest BCUT2D eigenvalue weighted by molar-refractivity contribution is 0.0392. The van der Waals surface area contributed by atoms with E-state index < -0.39 is 30.0 Å². The van der Waals surface area contributed by atoms with Gasteiger partial charge >= 0.3 is 6.09 Å². The number of nitrogens with one attached hydrogen (secondary N) is 2. The average molecular weight is 484 g/mol. The number of amides is 2. The molecule has 5 rings (SSSR count). The number of halogens is 1. The summed E-state index contributed by atoms with van der Waals surface area (Å²) < 4.78 is 20.1. The predicted octanol–water partition coefficient (Wildman–Crippen LogP) is 2.70. The molecule has 1 aliphatic heterocycles. The van der Waals surface area contributed by atoms with Crippen LogP contribution in [0.3, 0.4) is 0 Å². The maximum atomic E-state index is 14.2. The number of hydrogen-bond donors (Lipinski definition) is 4. The van der Waals surface area contributed by atoms with Crippen LogP contribution in [0.15, 0.2) is 24.5 Å². The van der Waals surface area contributed by atoms with Crippen LogP contribution in [0.25, 0.3) is 22.3 Å². The van der Waals surface area contributed by atoms with E-state index in [1.807, 2.05) is 0 Å². The second-order valence-corrected chi connectivity index (χ2v) is 9.13. The van der Waals surface area contributed by atoms with Gasteiger partial charge in [0.1, 0.15) is 29.1 Å². The molecule has 0 bridgehead atoms. The summed E-state index contributed by atoms with van der Waals surface area (Å²) in [4.78, 5) is 37.3. The molecule has 0 spiro atoms. The monoisotopic (exact) mass is 483 g/mol. The molecule has 4 N–H and O–H groups in total. The molecule has 2 fully saturated rings. The lowest BCUT2D eigenvalue weighted by atomic mass is 10.0. The van der Waals surface area contributed by atoms with Crippen molar-refractivity contribution in [2.45, 2.75) is 38.3 Å². The molecule has 1 aromatic carbocycles. The van der Waals surface area contributed by atoms with Gasteiger partial charge in [-0.1, -0.05) is 0 Å². The average Bonchev–Trinajstić information content (AvgIpc) is 3.59. The van der Waals surface area contributed by atoms with Crippen molar-refractivity contribution in [2.24, 2.45) is 5.92 Å². The second-order valence-electron chi connectivity index (χ2n) is 9.13. The topological polar surface area (TPSA) is 141 Å². The molecule has 3 heterocycles. The number of likely N-dealkylation sites (tertiary alicyclic amines) is 1. The van der Waals surface area contributed by atoms with E-state index in [0.29, 0.717) is 46.3 Å². The number of hydrogen-bond acceptors (Lipinski definition) is 6. The highest BCUT2D eigenvalue weighted by Gasteiger charge is 2.32. The van der Waals surface area contributed by atoms with Crippen LogP contribution in [-0.4, -0.2) is 73.9 Å². The summed E-state index contributed by atoms with van der Waals surface area (Å²) in [5.74, 6) is 0.132. The van der Waals surface area contributed by atoms with Crippen LogP contribution in [0.2, 0.25) is 0 Å². The van der Waals surface area contributed by atoms with Crippen LogP contribution < -0.4 is 10.1 Å². The van der Waals surface area contributed by atoms with E-state index in [9.17, 15) is 19.1 Å². The molecule has 2 aliphatic rings. The number of aromatic amines is 1. The molecule has 10 nitrogen and oxygen atoms in total. The van der Waals surface area contributed by atoms with Gasteiger partial charge in [0, 0.05) is 17.8 Å². The number of aliphatic hydroxyl groups excluding tert-OH is 1.